The van der Waals surface area contributed by atoms with Crippen LogP contribution in [-0.4, -0.2) is 63.4 Å². The summed E-state index contributed by atoms with van der Waals surface area (Å²) in [5, 5.41) is 45.1. The molecule has 3 amide bonds. The molecule has 4 aromatic carbocycles. The van der Waals surface area contributed by atoms with Gasteiger partial charge in [0.1, 0.15) is 29.4 Å². The summed E-state index contributed by atoms with van der Waals surface area (Å²) in [4.78, 5) is 52.1. The van der Waals surface area contributed by atoms with Crippen LogP contribution < -0.4 is 20.3 Å². The SMILES string of the molecule is O=C(COc1ccc([C@@H]2[C@@H](CC[C@H](O)c3ccc(F)cc3)C(=O)N2c2ccccc2)c(O)c1)N[C@@H](C(=O)N[C@H](CO)C(=O)O)c1ccccc1. The number of carboxylic acids is 1. The van der Waals surface area contributed by atoms with Gasteiger partial charge in [0.05, 0.1) is 24.7 Å². The smallest absolute Gasteiger partial charge is 0.328 e. The Hall–Kier alpha value is -5.79. The molecule has 5 atom stereocenters. The summed E-state index contributed by atoms with van der Waals surface area (Å²) in [5.74, 6) is -4.30. The maximum atomic E-state index is 13.4. The fourth-order valence-corrected chi connectivity index (χ4v) is 5.85. The van der Waals surface area contributed by atoms with E-state index >= 15 is 0 Å². The van der Waals surface area contributed by atoms with E-state index in [4.69, 9.17) is 4.74 Å². The Balaban J connectivity index is 1.28. The minimum absolute atomic E-state index is 0.119. The lowest BCUT2D eigenvalue weighted by molar-refractivity contribution is -0.143. The fourth-order valence-electron chi connectivity index (χ4n) is 5.85. The summed E-state index contributed by atoms with van der Waals surface area (Å²) in [6, 6.07) is 23.5. The summed E-state index contributed by atoms with van der Waals surface area (Å²) in [5.41, 5.74) is 1.93. The third kappa shape index (κ3) is 8.25. The number of carbonyl (C=O) groups excluding carboxylic acids is 3. The zero-order valence-corrected chi connectivity index (χ0v) is 26.7. The van der Waals surface area contributed by atoms with Crippen molar-refractivity contribution in [1.82, 2.24) is 10.6 Å². The second-order valence-corrected chi connectivity index (χ2v) is 11.7. The first kappa shape index (κ1) is 35.5. The van der Waals surface area contributed by atoms with Gasteiger partial charge in [-0.25, -0.2) is 9.18 Å². The predicted molar refractivity (Wildman–Crippen MR) is 178 cm³/mol. The van der Waals surface area contributed by atoms with Gasteiger partial charge in [-0.05, 0) is 60.4 Å². The Morgan fingerprint density at radius 1 is 0.880 bits per heavy atom. The number of β-lactam (4-membered cyclic amide) rings is 1. The van der Waals surface area contributed by atoms with Crippen LogP contribution in [0.25, 0.3) is 0 Å². The molecule has 4 aromatic rings. The van der Waals surface area contributed by atoms with Gasteiger partial charge in [-0.15, -0.1) is 0 Å². The van der Waals surface area contributed by atoms with Gasteiger partial charge in [0, 0.05) is 17.3 Å². The van der Waals surface area contributed by atoms with Crippen LogP contribution in [0.5, 0.6) is 11.5 Å². The number of ether oxygens (including phenoxy) is 1. The summed E-state index contributed by atoms with van der Waals surface area (Å²) in [7, 11) is 0. The number of benzene rings is 4. The number of aliphatic hydroxyl groups is 2. The number of nitrogens with one attached hydrogen (secondary N) is 2. The van der Waals surface area contributed by atoms with Gasteiger partial charge in [0.25, 0.3) is 5.91 Å². The van der Waals surface area contributed by atoms with Gasteiger partial charge < -0.3 is 40.7 Å². The Labute approximate surface area is 286 Å². The summed E-state index contributed by atoms with van der Waals surface area (Å²) < 4.78 is 19.0. The van der Waals surface area contributed by atoms with Gasteiger partial charge in [-0.1, -0.05) is 60.7 Å². The van der Waals surface area contributed by atoms with Crippen molar-refractivity contribution >= 4 is 29.4 Å². The molecule has 0 unspecified atom stereocenters. The van der Waals surface area contributed by atoms with Crippen molar-refractivity contribution in [3.05, 3.63) is 126 Å². The molecule has 0 saturated carbocycles. The van der Waals surface area contributed by atoms with E-state index < -0.39 is 67.0 Å². The standard InChI is InChI=1S/C37H36FN3O9/c38-24-13-11-22(12-14-24)30(43)18-17-28-34(41(36(28)47)25-9-5-2-6-10-25)27-16-15-26(19-31(27)44)50-21-32(45)40-33(23-7-3-1-4-8-23)35(46)39-29(20-42)37(48)49/h1-16,19,28-30,33-34,42-44H,17-18,20-21H2,(H,39,46)(H,40,45)(H,48,49)/t28-,29-,30+,33-,34-/m1/s1. The highest BCUT2D eigenvalue weighted by Crippen LogP contribution is 2.49. The number of halogens is 1. The van der Waals surface area contributed by atoms with Crippen molar-refractivity contribution in [2.75, 3.05) is 18.1 Å². The third-order valence-electron chi connectivity index (χ3n) is 8.44. The Morgan fingerprint density at radius 2 is 1.54 bits per heavy atom. The number of carboxylic acid groups (broad SMARTS) is 1. The van der Waals surface area contributed by atoms with Crippen molar-refractivity contribution < 1.29 is 48.7 Å². The summed E-state index contributed by atoms with van der Waals surface area (Å²) >= 11 is 0. The molecule has 50 heavy (non-hydrogen) atoms. The van der Waals surface area contributed by atoms with Crippen LogP contribution in [-0.2, 0) is 19.2 Å². The largest absolute Gasteiger partial charge is 0.507 e. The van der Waals surface area contributed by atoms with Gasteiger partial charge >= 0.3 is 5.97 Å². The number of anilines is 1. The van der Waals surface area contributed by atoms with E-state index in [1.807, 2.05) is 6.07 Å². The molecular formula is C37H36FN3O9. The van der Waals surface area contributed by atoms with Gasteiger partial charge in [0.15, 0.2) is 6.61 Å². The first-order valence-corrected chi connectivity index (χ1v) is 15.8. The van der Waals surface area contributed by atoms with Crippen LogP contribution in [0.3, 0.4) is 0 Å². The zero-order valence-electron chi connectivity index (χ0n) is 26.7. The van der Waals surface area contributed by atoms with E-state index in [0.717, 1.165) is 0 Å². The Bertz CT molecular complexity index is 1810. The number of amides is 3. The maximum absolute atomic E-state index is 13.4. The summed E-state index contributed by atoms with van der Waals surface area (Å²) in [6.45, 7) is -1.42. The summed E-state index contributed by atoms with van der Waals surface area (Å²) in [6.07, 6.45) is -0.423. The van der Waals surface area contributed by atoms with E-state index in [-0.39, 0.29) is 30.2 Å². The van der Waals surface area contributed by atoms with Crippen LogP contribution in [0, 0.1) is 11.7 Å². The Kier molecular flexibility index (Phi) is 11.4. The van der Waals surface area contributed by atoms with Gasteiger partial charge in [0.2, 0.25) is 11.8 Å². The molecule has 13 heteroatoms. The van der Waals surface area contributed by atoms with E-state index in [0.29, 0.717) is 22.4 Å². The maximum Gasteiger partial charge on any atom is 0.328 e. The van der Waals surface area contributed by atoms with E-state index in [2.05, 4.69) is 10.6 Å². The number of phenolic OH excluding ortho intramolecular Hbond substituents is 1. The molecular weight excluding hydrogens is 649 g/mol. The molecule has 1 heterocycles. The highest BCUT2D eigenvalue weighted by molar-refractivity contribution is 6.03. The van der Waals surface area contributed by atoms with Crippen LogP contribution >= 0.6 is 0 Å². The zero-order chi connectivity index (χ0) is 35.8. The first-order valence-electron chi connectivity index (χ1n) is 15.8. The number of carbonyl (C=O) groups is 4. The van der Waals surface area contributed by atoms with Crippen LogP contribution in [0.4, 0.5) is 10.1 Å². The van der Waals surface area contributed by atoms with Crippen molar-refractivity contribution in [1.29, 1.82) is 0 Å². The number of hydrogen-bond donors (Lipinski definition) is 6. The van der Waals surface area contributed by atoms with E-state index in [1.165, 1.54) is 36.4 Å². The van der Waals surface area contributed by atoms with Crippen LogP contribution in [0.2, 0.25) is 0 Å². The second-order valence-electron chi connectivity index (χ2n) is 11.7. The number of phenols is 1. The molecule has 0 aromatic heterocycles. The monoisotopic (exact) mass is 685 g/mol. The Morgan fingerprint density at radius 3 is 2.16 bits per heavy atom. The number of para-hydroxylation sites is 1. The topological polar surface area (TPSA) is 186 Å². The highest BCUT2D eigenvalue weighted by Gasteiger charge is 2.49. The number of hydrogen-bond acceptors (Lipinski definition) is 8. The van der Waals surface area contributed by atoms with Crippen LogP contribution in [0.15, 0.2) is 103 Å². The number of aliphatic carboxylic acids is 1. The average Bonchev–Trinajstić information content (AvgIpc) is 3.12. The van der Waals surface area contributed by atoms with Gasteiger partial charge in [-0.3, -0.25) is 14.4 Å². The van der Waals surface area contributed by atoms with E-state index in [9.17, 15) is 44.0 Å². The second kappa shape index (κ2) is 16.1. The molecule has 0 spiro atoms. The molecule has 1 fully saturated rings. The van der Waals surface area contributed by atoms with Crippen molar-refractivity contribution in [2.45, 2.75) is 37.1 Å². The molecule has 260 valence electrons. The molecule has 0 radical (unpaired) electrons. The quantitative estimate of drug-likeness (QED) is 0.102. The minimum atomic E-state index is -1.58. The van der Waals surface area contributed by atoms with Crippen molar-refractivity contribution in [3.8, 4) is 11.5 Å². The molecule has 1 saturated heterocycles. The number of aromatic hydroxyl groups is 1. The molecule has 5 rings (SSSR count). The number of aliphatic hydroxyl groups excluding tert-OH is 2. The minimum Gasteiger partial charge on any atom is -0.507 e. The molecule has 0 bridgehead atoms. The molecule has 1 aliphatic rings. The normalized spacial score (nSPS) is 17.2. The molecule has 1 aliphatic heterocycles. The predicted octanol–water partition coefficient (Wildman–Crippen LogP) is 3.55. The molecule has 6 N–H and O–H groups in total. The van der Waals surface area contributed by atoms with Crippen molar-refractivity contribution in [2.24, 2.45) is 5.92 Å². The lowest BCUT2D eigenvalue weighted by Gasteiger charge is -2.48. The lowest BCUT2D eigenvalue weighted by atomic mass is 9.78. The number of rotatable bonds is 15. The highest BCUT2D eigenvalue weighted by atomic mass is 19.1. The van der Waals surface area contributed by atoms with Crippen molar-refractivity contribution in [3.63, 3.8) is 0 Å². The van der Waals surface area contributed by atoms with Gasteiger partial charge in [-0.2, -0.15) is 0 Å². The van der Waals surface area contributed by atoms with E-state index in [1.54, 1.807) is 65.6 Å². The molecule has 12 nitrogen and oxygen atoms in total. The average molecular weight is 686 g/mol. The fraction of sp³-hybridized carbons (Fsp3) is 0.243. The lowest BCUT2D eigenvalue weighted by Crippen LogP contribution is -2.55. The van der Waals surface area contributed by atoms with Crippen LogP contribution in [0.1, 0.15) is 47.7 Å². The molecule has 0 aliphatic carbocycles. The first-order chi connectivity index (χ1) is 24.1. The third-order valence-corrected chi connectivity index (χ3v) is 8.44. The number of nitrogens with zero attached hydrogens (tertiary/aromatic N) is 1.